The number of carbonyl (C=O) groups is 1. The molecule has 0 amide bonds. The van der Waals surface area contributed by atoms with Crippen molar-refractivity contribution >= 4 is 5.78 Å². The Balaban J connectivity index is 0.000000810. The first-order valence-corrected chi connectivity index (χ1v) is 2.78. The minimum Gasteiger partial charge on any atom is -0.297 e. The fourth-order valence-electron chi connectivity index (χ4n) is 0.622. The number of benzene rings is 1. The van der Waals surface area contributed by atoms with Crippen molar-refractivity contribution in [1.29, 1.82) is 0 Å². The topological polar surface area (TPSA) is 17.1 Å². The van der Waals surface area contributed by atoms with Crippen LogP contribution in [0, 0.1) is 6.07 Å². The van der Waals surface area contributed by atoms with Gasteiger partial charge in [-0.05, 0) is 6.92 Å². The number of rotatable bonds is 1. The van der Waals surface area contributed by atoms with E-state index in [1.54, 1.807) is 31.2 Å². The average molecular weight is 208 g/mol. The molecule has 0 aromatic heterocycles. The standard InChI is InChI=1S/C8H7O.Y/c1-7(9)8-5-3-2-4-6-8;/h3-6H,1H3;/q-1;. The molecule has 0 spiro atoms. The third-order valence-corrected chi connectivity index (χ3v) is 1.12. The van der Waals surface area contributed by atoms with Crippen molar-refractivity contribution in [3.05, 3.63) is 35.9 Å². The molecule has 0 unspecified atom stereocenters. The Morgan fingerprint density at radius 1 is 1.40 bits per heavy atom. The van der Waals surface area contributed by atoms with Gasteiger partial charge < -0.3 is 0 Å². The largest absolute Gasteiger partial charge is 0.297 e. The van der Waals surface area contributed by atoms with E-state index in [0.717, 1.165) is 5.56 Å². The van der Waals surface area contributed by atoms with Crippen molar-refractivity contribution in [3.8, 4) is 0 Å². The third kappa shape index (κ3) is 2.72. The second kappa shape index (κ2) is 4.76. The van der Waals surface area contributed by atoms with E-state index in [2.05, 4.69) is 6.07 Å². The zero-order chi connectivity index (χ0) is 6.69. The molecular weight excluding hydrogens is 201 g/mol. The molecule has 0 atom stereocenters. The number of hydrogen-bond acceptors (Lipinski definition) is 1. The molecule has 0 saturated heterocycles. The van der Waals surface area contributed by atoms with E-state index < -0.39 is 0 Å². The number of carbonyl (C=O) groups excluding carboxylic acids is 1. The van der Waals surface area contributed by atoms with Crippen LogP contribution in [0.1, 0.15) is 17.3 Å². The molecule has 1 aromatic rings. The molecule has 1 aromatic carbocycles. The van der Waals surface area contributed by atoms with E-state index in [9.17, 15) is 4.79 Å². The van der Waals surface area contributed by atoms with Crippen molar-refractivity contribution in [2.24, 2.45) is 0 Å². The van der Waals surface area contributed by atoms with Crippen LogP contribution in [0.4, 0.5) is 0 Å². The summed E-state index contributed by atoms with van der Waals surface area (Å²) in [4.78, 5) is 10.6. The summed E-state index contributed by atoms with van der Waals surface area (Å²) in [5.41, 5.74) is 0.744. The van der Waals surface area contributed by atoms with Crippen LogP contribution in [0.3, 0.4) is 0 Å². The molecule has 0 aliphatic rings. The summed E-state index contributed by atoms with van der Waals surface area (Å²) in [6.45, 7) is 1.55. The number of ketones is 1. The molecule has 0 aliphatic carbocycles. The number of hydrogen-bond donors (Lipinski definition) is 0. The van der Waals surface area contributed by atoms with Crippen molar-refractivity contribution < 1.29 is 37.5 Å². The molecule has 0 bridgehead atoms. The molecule has 0 fully saturated rings. The molecule has 0 aliphatic heterocycles. The predicted molar refractivity (Wildman–Crippen MR) is 35.3 cm³/mol. The van der Waals surface area contributed by atoms with Crippen LogP contribution >= 0.6 is 0 Å². The van der Waals surface area contributed by atoms with Gasteiger partial charge in [0.1, 0.15) is 5.78 Å². The van der Waals surface area contributed by atoms with Crippen LogP contribution in [0.2, 0.25) is 0 Å². The van der Waals surface area contributed by atoms with Crippen LogP contribution in [0.25, 0.3) is 0 Å². The second-order valence-corrected chi connectivity index (χ2v) is 1.84. The Bertz CT molecular complexity index is 206. The summed E-state index contributed by atoms with van der Waals surface area (Å²) in [5.74, 6) is 0.101. The summed E-state index contributed by atoms with van der Waals surface area (Å²) in [6, 6.07) is 9.81. The van der Waals surface area contributed by atoms with Gasteiger partial charge in [-0.1, -0.05) is 5.56 Å². The van der Waals surface area contributed by atoms with Gasteiger partial charge >= 0.3 is 0 Å². The van der Waals surface area contributed by atoms with Crippen molar-refractivity contribution in [1.82, 2.24) is 0 Å². The molecule has 1 nitrogen and oxygen atoms in total. The summed E-state index contributed by atoms with van der Waals surface area (Å²) in [5, 5.41) is 0. The van der Waals surface area contributed by atoms with Gasteiger partial charge in [0.15, 0.2) is 0 Å². The van der Waals surface area contributed by atoms with Gasteiger partial charge in [0.2, 0.25) is 0 Å². The van der Waals surface area contributed by atoms with Crippen molar-refractivity contribution in [2.75, 3.05) is 0 Å². The summed E-state index contributed by atoms with van der Waals surface area (Å²) in [6.07, 6.45) is 0. The first-order chi connectivity index (χ1) is 4.30. The molecule has 1 radical (unpaired) electrons. The molecule has 0 heterocycles. The molecule has 0 N–H and O–H groups in total. The number of Topliss-reactive ketones (excluding diaryl/α,β-unsaturated/α-hetero) is 1. The Morgan fingerprint density at radius 2 is 1.90 bits per heavy atom. The normalized spacial score (nSPS) is 8.10. The molecule has 49 valence electrons. The fraction of sp³-hybridized carbons (Fsp3) is 0.125. The van der Waals surface area contributed by atoms with Crippen molar-refractivity contribution in [3.63, 3.8) is 0 Å². The van der Waals surface area contributed by atoms with Crippen LogP contribution in [0.5, 0.6) is 0 Å². The molecule has 10 heavy (non-hydrogen) atoms. The predicted octanol–water partition coefficient (Wildman–Crippen LogP) is 1.69. The minimum atomic E-state index is 0. The average Bonchev–Trinajstić information content (AvgIpc) is 1.90. The quantitative estimate of drug-likeness (QED) is 0.507. The van der Waals surface area contributed by atoms with Gasteiger partial charge in [-0.15, -0.1) is 0 Å². The Hall–Kier alpha value is -0.00610. The summed E-state index contributed by atoms with van der Waals surface area (Å²) >= 11 is 0. The summed E-state index contributed by atoms with van der Waals surface area (Å²) < 4.78 is 0. The molecule has 0 saturated carbocycles. The fourth-order valence-corrected chi connectivity index (χ4v) is 0.622. The van der Waals surface area contributed by atoms with Gasteiger partial charge in [0, 0.05) is 32.7 Å². The van der Waals surface area contributed by atoms with E-state index in [4.69, 9.17) is 0 Å². The van der Waals surface area contributed by atoms with Crippen LogP contribution in [0.15, 0.2) is 24.3 Å². The Labute approximate surface area is 85.7 Å². The molecular formula is C8H7OY-. The van der Waals surface area contributed by atoms with E-state index in [-0.39, 0.29) is 38.5 Å². The maximum Gasteiger partial charge on any atom is 0.135 e. The maximum absolute atomic E-state index is 10.6. The van der Waals surface area contributed by atoms with Crippen LogP contribution < -0.4 is 0 Å². The van der Waals surface area contributed by atoms with Gasteiger partial charge in [0.05, 0.1) is 0 Å². The summed E-state index contributed by atoms with van der Waals surface area (Å²) in [7, 11) is 0. The van der Waals surface area contributed by atoms with E-state index in [0.29, 0.717) is 0 Å². The smallest absolute Gasteiger partial charge is 0.135 e. The van der Waals surface area contributed by atoms with Gasteiger partial charge in [0.25, 0.3) is 0 Å². The van der Waals surface area contributed by atoms with Gasteiger partial charge in [-0.2, -0.15) is 30.3 Å². The van der Waals surface area contributed by atoms with Crippen molar-refractivity contribution in [2.45, 2.75) is 6.92 Å². The van der Waals surface area contributed by atoms with Gasteiger partial charge in [-0.3, -0.25) is 4.79 Å². The maximum atomic E-state index is 10.6. The molecule has 2 heteroatoms. The SMILES string of the molecule is CC(=O)c1cc[c-]cc1.[Y]. The molecule has 1 rings (SSSR count). The second-order valence-electron chi connectivity index (χ2n) is 1.84. The van der Waals surface area contributed by atoms with E-state index >= 15 is 0 Å². The third-order valence-electron chi connectivity index (χ3n) is 1.12. The zero-order valence-corrected chi connectivity index (χ0v) is 8.63. The van der Waals surface area contributed by atoms with Crippen LogP contribution in [-0.2, 0) is 32.7 Å². The first-order valence-electron chi connectivity index (χ1n) is 2.78. The minimum absolute atomic E-state index is 0. The first kappa shape index (κ1) is 9.99. The van der Waals surface area contributed by atoms with E-state index in [1.807, 2.05) is 0 Å². The van der Waals surface area contributed by atoms with Gasteiger partial charge in [-0.25, -0.2) is 0 Å². The monoisotopic (exact) mass is 208 g/mol. The zero-order valence-electron chi connectivity index (χ0n) is 5.79. The Morgan fingerprint density at radius 3 is 2.20 bits per heavy atom. The van der Waals surface area contributed by atoms with Crippen LogP contribution in [-0.4, -0.2) is 5.78 Å². The Kier molecular flexibility index (Phi) is 4.75. The van der Waals surface area contributed by atoms with E-state index in [1.165, 1.54) is 0 Å².